The highest BCUT2D eigenvalue weighted by Crippen LogP contribution is 2.47. The fraction of sp³-hybridized carbons (Fsp3) is 0.273. The van der Waals surface area contributed by atoms with E-state index in [1.54, 1.807) is 0 Å². The van der Waals surface area contributed by atoms with E-state index >= 15 is 0 Å². The molecular weight excluding hydrogens is 200 g/mol. The van der Waals surface area contributed by atoms with Crippen molar-refractivity contribution in [1.29, 1.82) is 0 Å². The summed E-state index contributed by atoms with van der Waals surface area (Å²) >= 11 is 0. The molecule has 0 saturated heterocycles. The molecule has 2 N–H and O–H groups in total. The zero-order valence-electron chi connectivity index (χ0n) is 7.89. The third-order valence-electron chi connectivity index (χ3n) is 2.93. The first-order valence-electron chi connectivity index (χ1n) is 4.76. The van der Waals surface area contributed by atoms with E-state index in [9.17, 15) is 8.78 Å². The van der Waals surface area contributed by atoms with Gasteiger partial charge in [0.1, 0.15) is 17.2 Å². The summed E-state index contributed by atoms with van der Waals surface area (Å²) in [6.07, 6.45) is 2.78. The van der Waals surface area contributed by atoms with Crippen LogP contribution in [0.25, 0.3) is 11.0 Å². The Morgan fingerprint density at radius 2 is 2.00 bits per heavy atom. The summed E-state index contributed by atoms with van der Waals surface area (Å²) in [6, 6.07) is 2.36. The van der Waals surface area contributed by atoms with Gasteiger partial charge in [-0.3, -0.25) is 0 Å². The van der Waals surface area contributed by atoms with Gasteiger partial charge in [0.15, 0.2) is 0 Å². The van der Waals surface area contributed by atoms with Crippen LogP contribution < -0.4 is 5.73 Å². The molecular formula is C11H9F2NO. The van der Waals surface area contributed by atoms with E-state index in [4.69, 9.17) is 10.2 Å². The standard InChI is InChI=1S/C11H9F2NO/c12-7-5-8(13)9(11(14)2-3-11)10-6(7)1-4-15-10/h1,4-5H,2-3,14H2. The van der Waals surface area contributed by atoms with E-state index < -0.39 is 17.2 Å². The molecule has 0 atom stereocenters. The Labute approximate surface area is 84.7 Å². The van der Waals surface area contributed by atoms with Gasteiger partial charge >= 0.3 is 0 Å². The first kappa shape index (κ1) is 8.85. The van der Waals surface area contributed by atoms with Crippen LogP contribution in [0.2, 0.25) is 0 Å². The molecule has 0 spiro atoms. The molecule has 0 bridgehead atoms. The Balaban J connectivity index is 2.41. The van der Waals surface area contributed by atoms with Crippen molar-refractivity contribution in [3.63, 3.8) is 0 Å². The minimum Gasteiger partial charge on any atom is -0.464 e. The topological polar surface area (TPSA) is 39.2 Å². The van der Waals surface area contributed by atoms with Crippen molar-refractivity contribution < 1.29 is 13.2 Å². The van der Waals surface area contributed by atoms with Crippen molar-refractivity contribution >= 4 is 11.0 Å². The molecule has 2 aromatic rings. The van der Waals surface area contributed by atoms with Gasteiger partial charge in [0.2, 0.25) is 0 Å². The van der Waals surface area contributed by atoms with Gasteiger partial charge in [-0.15, -0.1) is 0 Å². The number of hydrogen-bond acceptors (Lipinski definition) is 2. The zero-order chi connectivity index (χ0) is 10.6. The van der Waals surface area contributed by atoms with Crippen LogP contribution in [0.5, 0.6) is 0 Å². The second-order valence-electron chi connectivity index (χ2n) is 4.03. The minimum atomic E-state index is -0.659. The number of halogens is 2. The number of hydrogen-bond donors (Lipinski definition) is 1. The highest BCUT2D eigenvalue weighted by atomic mass is 19.1. The quantitative estimate of drug-likeness (QED) is 0.784. The maximum atomic E-state index is 13.6. The molecule has 0 amide bonds. The Bertz CT molecular complexity index is 543. The molecule has 1 saturated carbocycles. The van der Waals surface area contributed by atoms with Gasteiger partial charge in [0, 0.05) is 11.6 Å². The van der Waals surface area contributed by atoms with Crippen LogP contribution >= 0.6 is 0 Å². The molecule has 0 unspecified atom stereocenters. The first-order valence-corrected chi connectivity index (χ1v) is 4.76. The van der Waals surface area contributed by atoms with Crippen LogP contribution in [0, 0.1) is 11.6 Å². The second kappa shape index (κ2) is 2.58. The smallest absolute Gasteiger partial charge is 0.144 e. The van der Waals surface area contributed by atoms with Gasteiger partial charge in [-0.2, -0.15) is 0 Å². The molecule has 1 aliphatic rings. The van der Waals surface area contributed by atoms with E-state index in [0.717, 1.165) is 6.07 Å². The number of nitrogens with two attached hydrogens (primary N) is 1. The molecule has 0 radical (unpaired) electrons. The van der Waals surface area contributed by atoms with Crippen molar-refractivity contribution in [1.82, 2.24) is 0 Å². The molecule has 78 valence electrons. The third kappa shape index (κ3) is 1.11. The number of fused-ring (bicyclic) bond motifs is 1. The van der Waals surface area contributed by atoms with Gasteiger partial charge in [-0.05, 0) is 18.9 Å². The largest absolute Gasteiger partial charge is 0.464 e. The highest BCUT2D eigenvalue weighted by molar-refractivity contribution is 5.82. The molecule has 1 aromatic heterocycles. The van der Waals surface area contributed by atoms with Gasteiger partial charge in [-0.1, -0.05) is 0 Å². The number of rotatable bonds is 1. The normalized spacial score (nSPS) is 18.3. The van der Waals surface area contributed by atoms with Crippen molar-refractivity contribution in [3.05, 3.63) is 35.6 Å². The van der Waals surface area contributed by atoms with Crippen LogP contribution in [0.3, 0.4) is 0 Å². The minimum absolute atomic E-state index is 0.243. The van der Waals surface area contributed by atoms with E-state index in [-0.39, 0.29) is 5.58 Å². The first-order chi connectivity index (χ1) is 7.12. The van der Waals surface area contributed by atoms with Crippen LogP contribution in [-0.2, 0) is 5.54 Å². The Kier molecular flexibility index (Phi) is 1.52. The lowest BCUT2D eigenvalue weighted by molar-refractivity contribution is 0.540. The summed E-state index contributed by atoms with van der Waals surface area (Å²) in [6.45, 7) is 0. The summed E-state index contributed by atoms with van der Waals surface area (Å²) in [5.41, 5.74) is 5.81. The lowest BCUT2D eigenvalue weighted by atomic mass is 10.0. The average molecular weight is 209 g/mol. The Hall–Kier alpha value is -1.42. The molecule has 0 aliphatic heterocycles. The number of benzene rings is 1. The monoisotopic (exact) mass is 209 g/mol. The van der Waals surface area contributed by atoms with Gasteiger partial charge in [0.05, 0.1) is 17.2 Å². The van der Waals surface area contributed by atoms with Gasteiger partial charge < -0.3 is 10.2 Å². The SMILES string of the molecule is NC1(c2c(F)cc(F)c3ccoc23)CC1. The summed E-state index contributed by atoms with van der Waals surface area (Å²) in [5, 5.41) is 0.295. The molecule has 4 heteroatoms. The predicted molar refractivity (Wildman–Crippen MR) is 51.2 cm³/mol. The van der Waals surface area contributed by atoms with Crippen LogP contribution in [-0.4, -0.2) is 0 Å². The van der Waals surface area contributed by atoms with E-state index in [1.807, 2.05) is 0 Å². The van der Waals surface area contributed by atoms with Crippen LogP contribution in [0.1, 0.15) is 18.4 Å². The summed E-state index contributed by atoms with van der Waals surface area (Å²) in [4.78, 5) is 0. The van der Waals surface area contributed by atoms with Crippen molar-refractivity contribution in [2.75, 3.05) is 0 Å². The van der Waals surface area contributed by atoms with Crippen molar-refractivity contribution in [3.8, 4) is 0 Å². The molecule has 1 aliphatic carbocycles. The fourth-order valence-electron chi connectivity index (χ4n) is 1.91. The fourth-order valence-corrected chi connectivity index (χ4v) is 1.91. The van der Waals surface area contributed by atoms with Crippen LogP contribution in [0.4, 0.5) is 8.78 Å². The molecule has 3 rings (SSSR count). The van der Waals surface area contributed by atoms with Gasteiger partial charge in [-0.25, -0.2) is 8.78 Å². The van der Waals surface area contributed by atoms with Crippen molar-refractivity contribution in [2.45, 2.75) is 18.4 Å². The lowest BCUT2D eigenvalue weighted by Gasteiger charge is -2.11. The summed E-state index contributed by atoms with van der Waals surface area (Å²) < 4.78 is 32.1. The number of furan rings is 1. The zero-order valence-corrected chi connectivity index (χ0v) is 7.89. The second-order valence-corrected chi connectivity index (χ2v) is 4.03. The Morgan fingerprint density at radius 3 is 2.67 bits per heavy atom. The maximum Gasteiger partial charge on any atom is 0.144 e. The van der Waals surface area contributed by atoms with Crippen molar-refractivity contribution in [2.24, 2.45) is 5.73 Å². The van der Waals surface area contributed by atoms with Gasteiger partial charge in [0.25, 0.3) is 0 Å². The molecule has 1 heterocycles. The predicted octanol–water partition coefficient (Wildman–Crippen LogP) is 2.66. The summed E-state index contributed by atoms with van der Waals surface area (Å²) in [7, 11) is 0. The maximum absolute atomic E-state index is 13.6. The van der Waals surface area contributed by atoms with E-state index in [1.165, 1.54) is 12.3 Å². The average Bonchev–Trinajstić information content (AvgIpc) is 2.74. The third-order valence-corrected chi connectivity index (χ3v) is 2.93. The molecule has 1 aromatic carbocycles. The molecule has 2 nitrogen and oxygen atoms in total. The highest BCUT2D eigenvalue weighted by Gasteiger charge is 2.44. The van der Waals surface area contributed by atoms with E-state index in [2.05, 4.69) is 0 Å². The summed E-state index contributed by atoms with van der Waals surface area (Å²) in [5.74, 6) is -1.22. The molecule has 15 heavy (non-hydrogen) atoms. The lowest BCUT2D eigenvalue weighted by Crippen LogP contribution is -2.20. The Morgan fingerprint density at radius 1 is 1.27 bits per heavy atom. The van der Waals surface area contributed by atoms with Crippen LogP contribution in [0.15, 0.2) is 22.8 Å². The van der Waals surface area contributed by atoms with E-state index in [0.29, 0.717) is 23.8 Å². The molecule has 1 fully saturated rings.